The van der Waals surface area contributed by atoms with Crippen molar-refractivity contribution in [1.82, 2.24) is 4.90 Å². The summed E-state index contributed by atoms with van der Waals surface area (Å²) in [6.45, 7) is 5.44. The molecule has 2 aromatic carbocycles. The van der Waals surface area contributed by atoms with Crippen molar-refractivity contribution in [3.8, 4) is 0 Å². The summed E-state index contributed by atoms with van der Waals surface area (Å²) in [4.78, 5) is 2.57. The molecule has 0 spiro atoms. The molecule has 0 saturated heterocycles. The number of rotatable bonds is 20. The fourth-order valence-electron chi connectivity index (χ4n) is 4.49. The first-order chi connectivity index (χ1) is 16.4. The van der Waals surface area contributed by atoms with Crippen LogP contribution in [0.3, 0.4) is 0 Å². The molecule has 0 aromatic heterocycles. The smallest absolute Gasteiger partial charge is 0.0237 e. The largest absolute Gasteiger partial charge is 0.295 e. The monoisotopic (exact) mass is 447 g/mol. The third-order valence-corrected chi connectivity index (χ3v) is 6.50. The first-order valence-corrected chi connectivity index (χ1v) is 13.8. The highest BCUT2D eigenvalue weighted by molar-refractivity contribution is 5.17. The molecule has 0 bridgehead atoms. The molecule has 0 aliphatic rings. The summed E-state index contributed by atoms with van der Waals surface area (Å²) in [5.41, 5.74) is 2.79. The van der Waals surface area contributed by atoms with Crippen molar-refractivity contribution >= 4 is 0 Å². The second kappa shape index (κ2) is 19.6. The lowest BCUT2D eigenvalue weighted by Crippen LogP contribution is -2.23. The van der Waals surface area contributed by atoms with Crippen LogP contribution in [0, 0.1) is 0 Å². The molecule has 0 aliphatic carbocycles. The van der Waals surface area contributed by atoms with Gasteiger partial charge in [-0.1, -0.05) is 150 Å². The van der Waals surface area contributed by atoms with E-state index >= 15 is 0 Å². The van der Waals surface area contributed by atoms with Gasteiger partial charge in [0.2, 0.25) is 0 Å². The topological polar surface area (TPSA) is 3.24 Å². The number of allylic oxidation sites excluding steroid dienone is 1. The number of benzene rings is 2. The van der Waals surface area contributed by atoms with Gasteiger partial charge >= 0.3 is 0 Å². The van der Waals surface area contributed by atoms with Gasteiger partial charge in [0.1, 0.15) is 0 Å². The third-order valence-electron chi connectivity index (χ3n) is 6.50. The van der Waals surface area contributed by atoms with Crippen molar-refractivity contribution in [2.45, 2.75) is 110 Å². The third kappa shape index (κ3) is 14.8. The molecular weight excluding hydrogens is 398 g/mol. The summed E-state index contributed by atoms with van der Waals surface area (Å²) in [5, 5.41) is 0. The van der Waals surface area contributed by atoms with Gasteiger partial charge in [-0.15, -0.1) is 0 Å². The van der Waals surface area contributed by atoms with E-state index in [1.54, 1.807) is 0 Å². The van der Waals surface area contributed by atoms with Crippen LogP contribution in [0.1, 0.15) is 108 Å². The summed E-state index contributed by atoms with van der Waals surface area (Å²) in [7, 11) is 0. The molecule has 0 aliphatic heterocycles. The predicted octanol–water partition coefficient (Wildman–Crippen LogP) is 9.73. The molecule has 0 amide bonds. The van der Waals surface area contributed by atoms with E-state index in [1.807, 2.05) is 0 Å². The van der Waals surface area contributed by atoms with Gasteiger partial charge in [-0.25, -0.2) is 0 Å². The predicted molar refractivity (Wildman–Crippen MR) is 146 cm³/mol. The average Bonchev–Trinajstić information content (AvgIpc) is 2.85. The van der Waals surface area contributed by atoms with Gasteiger partial charge in [0, 0.05) is 19.6 Å². The molecule has 33 heavy (non-hydrogen) atoms. The Bertz CT molecular complexity index is 649. The zero-order valence-corrected chi connectivity index (χ0v) is 21.4. The van der Waals surface area contributed by atoms with E-state index in [-0.39, 0.29) is 0 Å². The highest BCUT2D eigenvalue weighted by Gasteiger charge is 2.06. The Hall–Kier alpha value is -1.86. The van der Waals surface area contributed by atoms with E-state index < -0.39 is 0 Å². The molecule has 1 nitrogen and oxygen atoms in total. The highest BCUT2D eigenvalue weighted by atomic mass is 15.1. The number of nitrogens with zero attached hydrogens (tertiary/aromatic N) is 1. The molecule has 0 radical (unpaired) electrons. The van der Waals surface area contributed by atoms with Crippen LogP contribution in [0.5, 0.6) is 0 Å². The lowest BCUT2D eigenvalue weighted by atomic mass is 10.0. The van der Waals surface area contributed by atoms with Gasteiger partial charge in [0.05, 0.1) is 0 Å². The number of unbranched alkanes of at least 4 members (excludes halogenated alkanes) is 12. The molecule has 2 aromatic rings. The summed E-state index contributed by atoms with van der Waals surface area (Å²) in [6, 6.07) is 21.7. The zero-order valence-electron chi connectivity index (χ0n) is 21.4. The van der Waals surface area contributed by atoms with Crippen molar-refractivity contribution in [1.29, 1.82) is 0 Å². The van der Waals surface area contributed by atoms with E-state index in [0.717, 1.165) is 26.1 Å². The van der Waals surface area contributed by atoms with Crippen molar-refractivity contribution < 1.29 is 0 Å². The van der Waals surface area contributed by atoms with Gasteiger partial charge in [0.25, 0.3) is 0 Å². The molecule has 0 heterocycles. The number of hydrogen-bond acceptors (Lipinski definition) is 1. The van der Waals surface area contributed by atoms with Crippen LogP contribution in [0.4, 0.5) is 0 Å². The van der Waals surface area contributed by atoms with Gasteiger partial charge in [-0.3, -0.25) is 4.90 Å². The van der Waals surface area contributed by atoms with Crippen LogP contribution in [-0.2, 0) is 13.1 Å². The zero-order chi connectivity index (χ0) is 23.2. The van der Waals surface area contributed by atoms with Crippen LogP contribution < -0.4 is 0 Å². The van der Waals surface area contributed by atoms with Crippen molar-refractivity contribution in [3.05, 3.63) is 83.9 Å². The maximum Gasteiger partial charge on any atom is 0.0237 e. The SMILES string of the molecule is CCCCCCCCCCCCCC/C=C/CCN(Cc1ccccc1)Cc1ccccc1. The molecule has 0 atom stereocenters. The fraction of sp³-hybridized carbons (Fsp3) is 0.562. The first-order valence-electron chi connectivity index (χ1n) is 13.8. The average molecular weight is 448 g/mol. The van der Waals surface area contributed by atoms with Gasteiger partial charge in [-0.2, -0.15) is 0 Å². The van der Waals surface area contributed by atoms with Crippen LogP contribution in [0.2, 0.25) is 0 Å². The minimum absolute atomic E-state index is 1.02. The lowest BCUT2D eigenvalue weighted by molar-refractivity contribution is 0.262. The van der Waals surface area contributed by atoms with Gasteiger partial charge in [0.15, 0.2) is 0 Å². The Labute approximate surface area is 205 Å². The fourth-order valence-corrected chi connectivity index (χ4v) is 4.49. The molecule has 1 heteroatoms. The Morgan fingerprint density at radius 3 is 1.42 bits per heavy atom. The molecule has 2 rings (SSSR count). The number of hydrogen-bond donors (Lipinski definition) is 0. The Balaban J connectivity index is 1.52. The Morgan fingerprint density at radius 1 is 0.515 bits per heavy atom. The molecule has 0 unspecified atom stereocenters. The molecule has 0 saturated carbocycles. The summed E-state index contributed by atoms with van der Waals surface area (Å²) in [5.74, 6) is 0. The summed E-state index contributed by atoms with van der Waals surface area (Å²) >= 11 is 0. The van der Waals surface area contributed by atoms with E-state index in [1.165, 1.54) is 94.6 Å². The highest BCUT2D eigenvalue weighted by Crippen LogP contribution is 2.13. The van der Waals surface area contributed by atoms with Crippen molar-refractivity contribution in [2.24, 2.45) is 0 Å². The molecule has 0 fully saturated rings. The first kappa shape index (κ1) is 27.4. The minimum Gasteiger partial charge on any atom is -0.295 e. The Morgan fingerprint density at radius 2 is 0.939 bits per heavy atom. The summed E-state index contributed by atoms with van der Waals surface area (Å²) < 4.78 is 0. The minimum atomic E-state index is 1.02. The molecule has 182 valence electrons. The van der Waals surface area contributed by atoms with E-state index in [4.69, 9.17) is 0 Å². The lowest BCUT2D eigenvalue weighted by Gasteiger charge is -2.22. The van der Waals surface area contributed by atoms with Crippen molar-refractivity contribution in [3.63, 3.8) is 0 Å². The van der Waals surface area contributed by atoms with E-state index in [9.17, 15) is 0 Å². The van der Waals surface area contributed by atoms with Crippen molar-refractivity contribution in [2.75, 3.05) is 6.54 Å². The second-order valence-electron chi connectivity index (χ2n) is 9.62. The van der Waals surface area contributed by atoms with Gasteiger partial charge < -0.3 is 0 Å². The van der Waals surface area contributed by atoms with Crippen LogP contribution in [0.15, 0.2) is 72.8 Å². The maximum atomic E-state index is 2.57. The van der Waals surface area contributed by atoms with E-state index in [0.29, 0.717) is 0 Å². The molecular formula is C32H49N. The van der Waals surface area contributed by atoms with E-state index in [2.05, 4.69) is 84.6 Å². The maximum absolute atomic E-state index is 2.57. The van der Waals surface area contributed by atoms with Crippen LogP contribution in [0.25, 0.3) is 0 Å². The Kier molecular flexibility index (Phi) is 16.3. The standard InChI is InChI=1S/C32H49N/c1-2-3-4-5-6-7-8-9-10-11-12-13-14-15-16-23-28-33(29-31-24-19-17-20-25-31)30-32-26-21-18-22-27-32/h15-22,24-27H,2-14,23,28-30H2,1H3/b16-15+. The quantitative estimate of drug-likeness (QED) is 0.144. The van der Waals surface area contributed by atoms with Gasteiger partial charge in [-0.05, 0) is 30.4 Å². The van der Waals surface area contributed by atoms with Crippen LogP contribution in [-0.4, -0.2) is 11.4 Å². The molecule has 0 N–H and O–H groups in total. The second-order valence-corrected chi connectivity index (χ2v) is 9.62. The summed E-state index contributed by atoms with van der Waals surface area (Å²) in [6.07, 6.45) is 24.3. The normalized spacial score (nSPS) is 11.6. The van der Waals surface area contributed by atoms with Crippen LogP contribution >= 0.6 is 0 Å².